The SMILES string of the molecule is [2H][C@H](O[Si](C)(C)C(C)(C)C)[C@]12CC[C@H](O)CC1=CC[C@@H]1[C@@H]2CC[C@@]2(C)[C@H]1CC[C@]2([2H])O[Si](C)(C)C(C)(C)C. The summed E-state index contributed by atoms with van der Waals surface area (Å²) in [4.78, 5) is 0. The molecule has 4 rings (SSSR count). The molecule has 0 saturated heterocycles. The number of hydrogen-bond acceptors (Lipinski definition) is 3. The van der Waals surface area contributed by atoms with E-state index in [0.717, 1.165) is 44.9 Å². The molecule has 208 valence electrons. The molecule has 8 atom stereocenters. The summed E-state index contributed by atoms with van der Waals surface area (Å²) < 4.78 is 33.3. The highest BCUT2D eigenvalue weighted by molar-refractivity contribution is 6.74. The molecule has 3 saturated carbocycles. The van der Waals surface area contributed by atoms with Crippen molar-refractivity contribution in [1.82, 2.24) is 0 Å². The van der Waals surface area contributed by atoms with Gasteiger partial charge in [-0.05, 0) is 111 Å². The second-order valence-corrected chi connectivity index (χ2v) is 25.5. The maximum atomic E-state index is 10.7. The first-order valence-electron chi connectivity index (χ1n) is 15.9. The van der Waals surface area contributed by atoms with Crippen molar-refractivity contribution in [3.05, 3.63) is 11.6 Å². The molecular formula is C31H58O3Si2. The number of aliphatic hydroxyl groups is 1. The average molecular weight is 537 g/mol. The topological polar surface area (TPSA) is 38.7 Å². The van der Waals surface area contributed by atoms with Crippen molar-refractivity contribution in [2.24, 2.45) is 28.6 Å². The number of fused-ring (bicyclic) bond motifs is 5. The minimum absolute atomic E-state index is 0.0531. The summed E-state index contributed by atoms with van der Waals surface area (Å²) in [7, 11) is -4.23. The molecule has 0 bridgehead atoms. The minimum Gasteiger partial charge on any atom is -0.416 e. The number of rotatable bonds is 5. The maximum Gasteiger partial charge on any atom is 0.192 e. The Morgan fingerprint density at radius 1 is 0.972 bits per heavy atom. The largest absolute Gasteiger partial charge is 0.416 e. The van der Waals surface area contributed by atoms with E-state index in [1.807, 2.05) is 0 Å². The van der Waals surface area contributed by atoms with Gasteiger partial charge in [0.1, 0.15) is 0 Å². The fourth-order valence-electron chi connectivity index (χ4n) is 7.39. The molecule has 0 aliphatic heterocycles. The van der Waals surface area contributed by atoms with Gasteiger partial charge in [0.2, 0.25) is 0 Å². The van der Waals surface area contributed by atoms with E-state index < -0.39 is 29.3 Å². The predicted molar refractivity (Wildman–Crippen MR) is 157 cm³/mol. The molecule has 0 aromatic carbocycles. The Kier molecular flexibility index (Phi) is 6.80. The quantitative estimate of drug-likeness (QED) is 0.282. The van der Waals surface area contributed by atoms with Crippen LogP contribution in [0.2, 0.25) is 36.3 Å². The van der Waals surface area contributed by atoms with Gasteiger partial charge in [-0.2, -0.15) is 0 Å². The van der Waals surface area contributed by atoms with Gasteiger partial charge in [0.15, 0.2) is 16.6 Å². The normalized spacial score (nSPS) is 43.5. The molecule has 3 nitrogen and oxygen atoms in total. The molecule has 0 heterocycles. The average Bonchev–Trinajstić information content (AvgIpc) is 3.01. The standard InChI is InChI=1S/C31H58O3Si2/c1-28(2,3)35(8,9)33-21-31-19-16-23(32)20-22(31)12-13-24-25-14-15-27(30(25,7)18-17-26(24)31)34-36(10,11)29(4,5)6/h12,23-27,32H,13-21H2,1-11H3/t23-,24-,25-,26-,27-,30-,31+/m0/s1/i21D,27D/t21-,23-,24-,25-,26-,27-,30-,31+. The van der Waals surface area contributed by atoms with E-state index in [1.165, 1.54) is 5.57 Å². The van der Waals surface area contributed by atoms with E-state index in [9.17, 15) is 7.85 Å². The summed E-state index contributed by atoms with van der Waals surface area (Å²) in [6.45, 7) is 24.5. The van der Waals surface area contributed by atoms with E-state index in [1.54, 1.807) is 0 Å². The molecule has 5 heteroatoms. The van der Waals surface area contributed by atoms with Gasteiger partial charge in [-0.15, -0.1) is 0 Å². The van der Waals surface area contributed by atoms with Gasteiger partial charge in [-0.25, -0.2) is 0 Å². The van der Waals surface area contributed by atoms with E-state index in [0.29, 0.717) is 24.2 Å². The van der Waals surface area contributed by atoms with Gasteiger partial charge >= 0.3 is 0 Å². The lowest BCUT2D eigenvalue weighted by atomic mass is 9.47. The van der Waals surface area contributed by atoms with Crippen molar-refractivity contribution in [1.29, 1.82) is 0 Å². The van der Waals surface area contributed by atoms with E-state index >= 15 is 0 Å². The van der Waals surface area contributed by atoms with Crippen LogP contribution in [0.15, 0.2) is 11.6 Å². The van der Waals surface area contributed by atoms with Crippen LogP contribution in [0.4, 0.5) is 0 Å². The van der Waals surface area contributed by atoms with Crippen LogP contribution in [0, 0.1) is 28.6 Å². The first kappa shape index (κ1) is 26.3. The third-order valence-electron chi connectivity index (χ3n) is 11.9. The van der Waals surface area contributed by atoms with Gasteiger partial charge < -0.3 is 14.0 Å². The fraction of sp³-hybridized carbons (Fsp3) is 0.935. The summed E-state index contributed by atoms with van der Waals surface area (Å²) in [6.07, 6.45) is 8.47. The first-order chi connectivity index (χ1) is 17.1. The zero-order valence-corrected chi connectivity index (χ0v) is 27.4. The van der Waals surface area contributed by atoms with Crippen LogP contribution >= 0.6 is 0 Å². The van der Waals surface area contributed by atoms with Crippen LogP contribution in [0.5, 0.6) is 0 Å². The fourth-order valence-corrected chi connectivity index (χ4v) is 9.51. The van der Waals surface area contributed by atoms with E-state index in [-0.39, 0.29) is 27.0 Å². The van der Waals surface area contributed by atoms with Crippen molar-refractivity contribution < 1.29 is 16.7 Å². The highest BCUT2D eigenvalue weighted by Crippen LogP contribution is 2.66. The molecule has 0 aromatic rings. The van der Waals surface area contributed by atoms with E-state index in [2.05, 4.69) is 80.7 Å². The lowest BCUT2D eigenvalue weighted by molar-refractivity contribution is -0.0847. The molecule has 0 radical (unpaired) electrons. The van der Waals surface area contributed by atoms with Crippen LogP contribution in [-0.4, -0.2) is 40.5 Å². The molecule has 1 N–H and O–H groups in total. The first-order valence-corrected chi connectivity index (χ1v) is 20.6. The smallest absolute Gasteiger partial charge is 0.192 e. The Labute approximate surface area is 228 Å². The molecule has 0 aromatic heterocycles. The van der Waals surface area contributed by atoms with Crippen molar-refractivity contribution in [3.63, 3.8) is 0 Å². The van der Waals surface area contributed by atoms with Crippen molar-refractivity contribution in [3.8, 4) is 0 Å². The van der Waals surface area contributed by atoms with Crippen LogP contribution in [0.1, 0.15) is 103 Å². The number of aliphatic hydroxyl groups excluding tert-OH is 1. The number of hydrogen-bond donors (Lipinski definition) is 1. The van der Waals surface area contributed by atoms with Gasteiger partial charge in [0, 0.05) is 12.0 Å². The summed E-state index contributed by atoms with van der Waals surface area (Å²) in [5, 5.41) is 10.8. The van der Waals surface area contributed by atoms with Crippen molar-refractivity contribution in [2.45, 2.75) is 148 Å². The second kappa shape index (κ2) is 9.32. The highest BCUT2D eigenvalue weighted by Gasteiger charge is 2.61. The van der Waals surface area contributed by atoms with Crippen LogP contribution in [0.25, 0.3) is 0 Å². The Balaban J connectivity index is 1.69. The summed E-state index contributed by atoms with van der Waals surface area (Å²) in [5.74, 6) is 1.28. The monoisotopic (exact) mass is 536 g/mol. The van der Waals surface area contributed by atoms with Gasteiger partial charge in [-0.3, -0.25) is 0 Å². The lowest BCUT2D eigenvalue weighted by Gasteiger charge is -2.59. The summed E-state index contributed by atoms with van der Waals surface area (Å²) in [6, 6.07) is 0. The third-order valence-corrected chi connectivity index (χ3v) is 20.6. The molecule has 36 heavy (non-hydrogen) atoms. The van der Waals surface area contributed by atoms with E-state index in [4.69, 9.17) is 8.85 Å². The lowest BCUT2D eigenvalue weighted by Crippen LogP contribution is -2.56. The molecule has 4 aliphatic rings. The Hall–Kier alpha value is 0.0538. The number of allylic oxidation sites excluding steroid dienone is 1. The Morgan fingerprint density at radius 3 is 2.22 bits per heavy atom. The van der Waals surface area contributed by atoms with Gasteiger partial charge in [0.05, 0.1) is 14.9 Å². The summed E-state index contributed by atoms with van der Waals surface area (Å²) in [5.41, 5.74) is 0.821. The Bertz CT molecular complexity index is 938. The van der Waals surface area contributed by atoms with Crippen LogP contribution in [-0.2, 0) is 8.85 Å². The van der Waals surface area contributed by atoms with Crippen molar-refractivity contribution >= 4 is 16.6 Å². The zero-order chi connectivity index (χ0) is 28.7. The molecule has 0 unspecified atom stereocenters. The second-order valence-electron chi connectivity index (χ2n) is 16.1. The highest BCUT2D eigenvalue weighted by atomic mass is 28.4. The maximum absolute atomic E-state index is 10.7. The predicted octanol–water partition coefficient (Wildman–Crippen LogP) is 8.70. The van der Waals surface area contributed by atoms with Gasteiger partial charge in [0.25, 0.3) is 0 Å². The van der Waals surface area contributed by atoms with Crippen LogP contribution < -0.4 is 0 Å². The van der Waals surface area contributed by atoms with Crippen molar-refractivity contribution in [2.75, 3.05) is 6.58 Å². The Morgan fingerprint density at radius 2 is 1.61 bits per heavy atom. The molecule has 0 amide bonds. The molecule has 0 spiro atoms. The van der Waals surface area contributed by atoms with Crippen LogP contribution in [0.3, 0.4) is 0 Å². The summed E-state index contributed by atoms with van der Waals surface area (Å²) >= 11 is 0. The minimum atomic E-state index is -2.14. The molecule has 3 fully saturated rings. The third kappa shape index (κ3) is 4.80. The molecular weight excluding hydrogens is 477 g/mol. The molecule has 4 aliphatic carbocycles. The van der Waals surface area contributed by atoms with Gasteiger partial charge in [-0.1, -0.05) is 60.1 Å². The zero-order valence-electron chi connectivity index (χ0n) is 27.4.